The normalized spacial score (nSPS) is 12.3. The number of carbonyl (C=O) groups is 1. The van der Waals surface area contributed by atoms with Crippen molar-refractivity contribution in [1.82, 2.24) is 14.8 Å². The average Bonchev–Trinajstić information content (AvgIpc) is 3.34. The number of ether oxygens (including phenoxy) is 4. The molecule has 2 aromatic carbocycles. The van der Waals surface area contributed by atoms with Gasteiger partial charge in [0.15, 0.2) is 17.3 Å². The summed E-state index contributed by atoms with van der Waals surface area (Å²) in [5.41, 5.74) is 2.23. The molecule has 0 fully saturated rings. The van der Waals surface area contributed by atoms with E-state index in [4.69, 9.17) is 18.9 Å². The molecule has 0 saturated heterocycles. The van der Waals surface area contributed by atoms with Crippen molar-refractivity contribution in [2.45, 2.75) is 20.0 Å². The molecule has 0 saturated carbocycles. The molecule has 1 aliphatic rings. The van der Waals surface area contributed by atoms with E-state index in [-0.39, 0.29) is 31.4 Å². The van der Waals surface area contributed by atoms with E-state index in [1.165, 1.54) is 7.11 Å². The standard InChI is InChI=1S/C21H22N4O5/c1-13(2)30-21-23-20(14-4-9-17-18(10-14)29-12-28-17)25(24-21)16-7-5-15(6-8-16)22-19(26)11-27-3/h4-10,13H,11-12H2,1-3H3,(H,22,26). The van der Waals surface area contributed by atoms with Gasteiger partial charge in [0.05, 0.1) is 11.8 Å². The smallest absolute Gasteiger partial charge is 0.336 e. The third-order valence-electron chi connectivity index (χ3n) is 4.23. The molecule has 1 aromatic heterocycles. The lowest BCUT2D eigenvalue weighted by atomic mass is 10.2. The molecule has 9 heteroatoms. The van der Waals surface area contributed by atoms with Crippen LogP contribution in [-0.2, 0) is 9.53 Å². The van der Waals surface area contributed by atoms with E-state index in [0.29, 0.717) is 23.0 Å². The van der Waals surface area contributed by atoms with Crippen LogP contribution in [0.5, 0.6) is 17.5 Å². The molecule has 3 aromatic rings. The molecule has 9 nitrogen and oxygen atoms in total. The molecule has 0 aliphatic carbocycles. The van der Waals surface area contributed by atoms with Crippen molar-refractivity contribution in [2.24, 2.45) is 0 Å². The van der Waals surface area contributed by atoms with E-state index in [9.17, 15) is 4.79 Å². The van der Waals surface area contributed by atoms with Crippen LogP contribution in [0, 0.1) is 0 Å². The van der Waals surface area contributed by atoms with Crippen molar-refractivity contribution in [2.75, 3.05) is 25.8 Å². The Labute approximate surface area is 173 Å². The van der Waals surface area contributed by atoms with Gasteiger partial charge in [-0.2, -0.15) is 4.98 Å². The molecule has 1 aliphatic heterocycles. The molecule has 4 rings (SSSR count). The highest BCUT2D eigenvalue weighted by atomic mass is 16.7. The minimum Gasteiger partial charge on any atom is -0.460 e. The van der Waals surface area contributed by atoms with Gasteiger partial charge in [-0.05, 0) is 56.3 Å². The Bertz CT molecular complexity index is 1050. The zero-order valence-corrected chi connectivity index (χ0v) is 16.9. The molecule has 2 heterocycles. The van der Waals surface area contributed by atoms with E-state index >= 15 is 0 Å². The SMILES string of the molecule is COCC(=O)Nc1ccc(-n2nc(OC(C)C)nc2-c2ccc3c(c2)OCO3)cc1. The number of hydrogen-bond acceptors (Lipinski definition) is 7. The van der Waals surface area contributed by atoms with Crippen molar-refractivity contribution in [1.29, 1.82) is 0 Å². The number of anilines is 1. The molecule has 156 valence electrons. The van der Waals surface area contributed by atoms with Gasteiger partial charge in [0.1, 0.15) is 6.61 Å². The molecule has 30 heavy (non-hydrogen) atoms. The van der Waals surface area contributed by atoms with Crippen LogP contribution in [0.1, 0.15) is 13.8 Å². The largest absolute Gasteiger partial charge is 0.460 e. The summed E-state index contributed by atoms with van der Waals surface area (Å²) < 4.78 is 23.1. The van der Waals surface area contributed by atoms with Gasteiger partial charge in [-0.25, -0.2) is 4.68 Å². The van der Waals surface area contributed by atoms with E-state index in [2.05, 4.69) is 15.4 Å². The number of nitrogens with zero attached hydrogens (tertiary/aromatic N) is 3. The summed E-state index contributed by atoms with van der Waals surface area (Å²) in [6, 6.07) is 13.1. The van der Waals surface area contributed by atoms with Crippen LogP contribution in [-0.4, -0.2) is 47.3 Å². The summed E-state index contributed by atoms with van der Waals surface area (Å²) in [5, 5.41) is 7.28. The van der Waals surface area contributed by atoms with Gasteiger partial charge in [-0.1, -0.05) is 0 Å². The minimum absolute atomic E-state index is 0.00497. The molecule has 1 N–H and O–H groups in total. The number of carbonyl (C=O) groups excluding carboxylic acids is 1. The third-order valence-corrected chi connectivity index (χ3v) is 4.23. The predicted molar refractivity (Wildman–Crippen MR) is 109 cm³/mol. The molecule has 0 radical (unpaired) electrons. The number of amides is 1. The molecule has 0 spiro atoms. The zero-order valence-electron chi connectivity index (χ0n) is 16.9. The number of nitrogens with one attached hydrogen (secondary N) is 1. The van der Waals surface area contributed by atoms with Gasteiger partial charge in [-0.15, -0.1) is 5.10 Å². The van der Waals surface area contributed by atoms with Gasteiger partial charge in [0.2, 0.25) is 12.7 Å². The first kappa shape index (κ1) is 19.7. The summed E-state index contributed by atoms with van der Waals surface area (Å²) in [5.74, 6) is 1.73. The fraction of sp³-hybridized carbons (Fsp3) is 0.286. The third kappa shape index (κ3) is 4.20. The van der Waals surface area contributed by atoms with Crippen LogP contribution < -0.4 is 19.5 Å². The second kappa shape index (κ2) is 8.42. The lowest BCUT2D eigenvalue weighted by Crippen LogP contribution is -2.17. The first-order valence-corrected chi connectivity index (χ1v) is 9.46. The second-order valence-corrected chi connectivity index (χ2v) is 6.89. The van der Waals surface area contributed by atoms with E-state index < -0.39 is 0 Å². The number of fused-ring (bicyclic) bond motifs is 1. The Morgan fingerprint density at radius 1 is 1.17 bits per heavy atom. The van der Waals surface area contributed by atoms with Gasteiger partial charge >= 0.3 is 6.01 Å². The van der Waals surface area contributed by atoms with Crippen LogP contribution in [0.3, 0.4) is 0 Å². The highest BCUT2D eigenvalue weighted by molar-refractivity contribution is 5.91. The lowest BCUT2D eigenvalue weighted by Gasteiger charge is -2.08. The molecule has 0 bridgehead atoms. The summed E-state index contributed by atoms with van der Waals surface area (Å²) in [6.07, 6.45) is -0.0659. The fourth-order valence-electron chi connectivity index (χ4n) is 2.97. The van der Waals surface area contributed by atoms with Crippen molar-refractivity contribution < 1.29 is 23.7 Å². The average molecular weight is 410 g/mol. The van der Waals surface area contributed by atoms with Crippen molar-refractivity contribution in [3.05, 3.63) is 42.5 Å². The summed E-state index contributed by atoms with van der Waals surface area (Å²) >= 11 is 0. The van der Waals surface area contributed by atoms with Gasteiger partial charge in [-0.3, -0.25) is 4.79 Å². The summed E-state index contributed by atoms with van der Waals surface area (Å²) in [6.45, 7) is 4.02. The highest BCUT2D eigenvalue weighted by Crippen LogP contribution is 2.36. The van der Waals surface area contributed by atoms with Crippen LogP contribution in [0.25, 0.3) is 17.1 Å². The fourth-order valence-corrected chi connectivity index (χ4v) is 2.97. The lowest BCUT2D eigenvalue weighted by molar-refractivity contribution is -0.119. The Balaban J connectivity index is 1.68. The minimum atomic E-state index is -0.223. The number of benzene rings is 2. The monoisotopic (exact) mass is 410 g/mol. The molecule has 1 amide bonds. The topological polar surface area (TPSA) is 96.7 Å². The van der Waals surface area contributed by atoms with E-state index in [1.807, 2.05) is 44.2 Å². The van der Waals surface area contributed by atoms with Crippen molar-refractivity contribution in [3.8, 4) is 34.6 Å². The maximum Gasteiger partial charge on any atom is 0.336 e. The van der Waals surface area contributed by atoms with Gasteiger partial charge in [0, 0.05) is 18.4 Å². The predicted octanol–water partition coefficient (Wildman–Crippen LogP) is 3.04. The van der Waals surface area contributed by atoms with Crippen LogP contribution in [0.15, 0.2) is 42.5 Å². The number of methoxy groups -OCH3 is 1. The Hall–Kier alpha value is -3.59. The Morgan fingerprint density at radius 2 is 1.93 bits per heavy atom. The van der Waals surface area contributed by atoms with E-state index in [1.54, 1.807) is 16.8 Å². The maximum atomic E-state index is 11.7. The molecule has 0 unspecified atom stereocenters. The Kier molecular flexibility index (Phi) is 5.53. The first-order chi connectivity index (χ1) is 14.5. The van der Waals surface area contributed by atoms with Crippen LogP contribution in [0.2, 0.25) is 0 Å². The number of rotatable bonds is 7. The quantitative estimate of drug-likeness (QED) is 0.639. The maximum absolute atomic E-state index is 11.7. The van der Waals surface area contributed by atoms with Crippen molar-refractivity contribution in [3.63, 3.8) is 0 Å². The number of aromatic nitrogens is 3. The van der Waals surface area contributed by atoms with E-state index in [0.717, 1.165) is 11.3 Å². The van der Waals surface area contributed by atoms with Crippen LogP contribution >= 0.6 is 0 Å². The number of hydrogen-bond donors (Lipinski definition) is 1. The Morgan fingerprint density at radius 3 is 2.67 bits per heavy atom. The molecule has 0 atom stereocenters. The summed E-state index contributed by atoms with van der Waals surface area (Å²) in [4.78, 5) is 16.3. The zero-order chi connectivity index (χ0) is 21.1. The van der Waals surface area contributed by atoms with Crippen molar-refractivity contribution >= 4 is 11.6 Å². The highest BCUT2D eigenvalue weighted by Gasteiger charge is 2.20. The van der Waals surface area contributed by atoms with Gasteiger partial charge < -0.3 is 24.3 Å². The summed E-state index contributed by atoms with van der Waals surface area (Å²) in [7, 11) is 1.47. The van der Waals surface area contributed by atoms with Crippen LogP contribution in [0.4, 0.5) is 5.69 Å². The molecular formula is C21H22N4O5. The molecular weight excluding hydrogens is 388 g/mol. The first-order valence-electron chi connectivity index (χ1n) is 9.46. The van der Waals surface area contributed by atoms with Gasteiger partial charge in [0.25, 0.3) is 0 Å². The second-order valence-electron chi connectivity index (χ2n) is 6.89.